The van der Waals surface area contributed by atoms with Crippen molar-refractivity contribution in [3.8, 4) is 0 Å². The van der Waals surface area contributed by atoms with Gasteiger partial charge in [-0.3, -0.25) is 0 Å². The SMILES string of the molecule is CCNC(CSc1cccc(Cl)c1)c1nccn1C. The maximum Gasteiger partial charge on any atom is 0.126 e. The van der Waals surface area contributed by atoms with E-state index in [2.05, 4.69) is 27.9 Å². The molecule has 0 aliphatic heterocycles. The quantitative estimate of drug-likeness (QED) is 0.827. The van der Waals surface area contributed by atoms with E-state index in [0.717, 1.165) is 23.1 Å². The number of halogens is 1. The lowest BCUT2D eigenvalue weighted by Crippen LogP contribution is -2.25. The fraction of sp³-hybridized carbons (Fsp3) is 0.357. The molecule has 2 aromatic rings. The van der Waals surface area contributed by atoms with Gasteiger partial charge in [-0.25, -0.2) is 4.98 Å². The lowest BCUT2D eigenvalue weighted by atomic mass is 10.3. The van der Waals surface area contributed by atoms with Crippen LogP contribution in [0.4, 0.5) is 0 Å². The first-order chi connectivity index (χ1) is 9.20. The summed E-state index contributed by atoms with van der Waals surface area (Å²) in [6.07, 6.45) is 3.81. The molecule has 2 rings (SSSR count). The van der Waals surface area contributed by atoms with E-state index < -0.39 is 0 Å². The molecule has 0 saturated heterocycles. The zero-order valence-corrected chi connectivity index (χ0v) is 12.7. The first-order valence-corrected chi connectivity index (χ1v) is 7.66. The molecular weight excluding hydrogens is 278 g/mol. The standard InChI is InChI=1S/C14H18ClN3S/c1-3-16-13(14-17-7-8-18(14)2)10-19-12-6-4-5-11(15)9-12/h4-9,13,16H,3,10H2,1-2H3. The molecule has 0 aliphatic rings. The van der Waals surface area contributed by atoms with E-state index in [4.69, 9.17) is 11.6 Å². The number of aryl methyl sites for hydroxylation is 1. The zero-order chi connectivity index (χ0) is 13.7. The van der Waals surface area contributed by atoms with Gasteiger partial charge >= 0.3 is 0 Å². The van der Waals surface area contributed by atoms with E-state index in [1.807, 2.05) is 37.6 Å². The summed E-state index contributed by atoms with van der Waals surface area (Å²) in [5.41, 5.74) is 0. The van der Waals surface area contributed by atoms with Gasteiger partial charge in [0.2, 0.25) is 0 Å². The molecule has 1 aromatic carbocycles. The molecule has 0 saturated carbocycles. The Morgan fingerprint density at radius 2 is 2.32 bits per heavy atom. The Labute approximate surface area is 123 Å². The molecular formula is C14H18ClN3S. The van der Waals surface area contributed by atoms with Crippen molar-refractivity contribution in [2.24, 2.45) is 7.05 Å². The van der Waals surface area contributed by atoms with Gasteiger partial charge in [0.25, 0.3) is 0 Å². The van der Waals surface area contributed by atoms with Crippen molar-refractivity contribution >= 4 is 23.4 Å². The smallest absolute Gasteiger partial charge is 0.126 e. The third-order valence-corrected chi connectivity index (χ3v) is 4.16. The lowest BCUT2D eigenvalue weighted by Gasteiger charge is -2.17. The number of thioether (sulfide) groups is 1. The van der Waals surface area contributed by atoms with Crippen LogP contribution in [0.5, 0.6) is 0 Å². The predicted octanol–water partition coefficient (Wildman–Crippen LogP) is 3.52. The highest BCUT2D eigenvalue weighted by atomic mass is 35.5. The van der Waals surface area contributed by atoms with E-state index in [1.54, 1.807) is 11.8 Å². The second-order valence-corrected chi connectivity index (χ2v) is 5.80. The number of rotatable bonds is 6. The van der Waals surface area contributed by atoms with Crippen LogP contribution in [-0.2, 0) is 7.05 Å². The Balaban J connectivity index is 2.04. The van der Waals surface area contributed by atoms with Crippen LogP contribution in [-0.4, -0.2) is 21.8 Å². The third-order valence-electron chi connectivity index (χ3n) is 2.83. The van der Waals surface area contributed by atoms with Crippen LogP contribution in [0.2, 0.25) is 5.02 Å². The van der Waals surface area contributed by atoms with E-state index in [1.165, 1.54) is 4.90 Å². The average Bonchev–Trinajstić information content (AvgIpc) is 2.81. The molecule has 19 heavy (non-hydrogen) atoms. The first kappa shape index (κ1) is 14.4. The molecule has 0 spiro atoms. The minimum Gasteiger partial charge on any atom is -0.337 e. The summed E-state index contributed by atoms with van der Waals surface area (Å²) >= 11 is 7.79. The van der Waals surface area contributed by atoms with E-state index in [9.17, 15) is 0 Å². The molecule has 0 fully saturated rings. The lowest BCUT2D eigenvalue weighted by molar-refractivity contribution is 0.555. The number of nitrogens with one attached hydrogen (secondary N) is 1. The van der Waals surface area contributed by atoms with Crippen molar-refractivity contribution in [2.45, 2.75) is 17.9 Å². The fourth-order valence-electron chi connectivity index (χ4n) is 1.92. The largest absolute Gasteiger partial charge is 0.337 e. The predicted molar refractivity (Wildman–Crippen MR) is 81.8 cm³/mol. The molecule has 102 valence electrons. The van der Waals surface area contributed by atoms with Crippen LogP contribution in [0.15, 0.2) is 41.6 Å². The normalized spacial score (nSPS) is 12.6. The van der Waals surface area contributed by atoms with E-state index >= 15 is 0 Å². The van der Waals surface area contributed by atoms with Gasteiger partial charge in [-0.1, -0.05) is 24.6 Å². The van der Waals surface area contributed by atoms with Gasteiger partial charge in [0.15, 0.2) is 0 Å². The maximum absolute atomic E-state index is 6.00. The van der Waals surface area contributed by atoms with Crippen molar-refractivity contribution in [3.63, 3.8) is 0 Å². The number of benzene rings is 1. The molecule has 1 heterocycles. The summed E-state index contributed by atoms with van der Waals surface area (Å²) in [7, 11) is 2.02. The van der Waals surface area contributed by atoms with Gasteiger partial charge in [-0.2, -0.15) is 0 Å². The average molecular weight is 296 g/mol. The van der Waals surface area contributed by atoms with Crippen molar-refractivity contribution in [2.75, 3.05) is 12.3 Å². The number of imidazole rings is 1. The van der Waals surface area contributed by atoms with Crippen LogP contribution in [0.3, 0.4) is 0 Å². The van der Waals surface area contributed by atoms with Crippen molar-refractivity contribution < 1.29 is 0 Å². The summed E-state index contributed by atoms with van der Waals surface area (Å²) in [6, 6.07) is 8.19. The third kappa shape index (κ3) is 4.00. The fourth-order valence-corrected chi connectivity index (χ4v) is 3.19. The zero-order valence-electron chi connectivity index (χ0n) is 11.1. The van der Waals surface area contributed by atoms with Gasteiger partial charge in [0, 0.05) is 35.1 Å². The van der Waals surface area contributed by atoms with Gasteiger partial charge in [-0.15, -0.1) is 11.8 Å². The second-order valence-electron chi connectivity index (χ2n) is 4.27. The monoisotopic (exact) mass is 295 g/mol. The minimum absolute atomic E-state index is 0.244. The number of hydrogen-bond donors (Lipinski definition) is 1. The number of nitrogens with zero attached hydrogens (tertiary/aromatic N) is 2. The highest BCUT2D eigenvalue weighted by molar-refractivity contribution is 7.99. The number of hydrogen-bond acceptors (Lipinski definition) is 3. The topological polar surface area (TPSA) is 29.9 Å². The van der Waals surface area contributed by atoms with Crippen LogP contribution >= 0.6 is 23.4 Å². The molecule has 1 atom stereocenters. The Hall–Kier alpha value is -0.970. The highest BCUT2D eigenvalue weighted by Crippen LogP contribution is 2.25. The van der Waals surface area contributed by atoms with Gasteiger partial charge in [-0.05, 0) is 24.7 Å². The van der Waals surface area contributed by atoms with Gasteiger partial charge < -0.3 is 9.88 Å². The van der Waals surface area contributed by atoms with Crippen LogP contribution in [0.25, 0.3) is 0 Å². The molecule has 1 aromatic heterocycles. The summed E-state index contributed by atoms with van der Waals surface area (Å²) in [5.74, 6) is 2.00. The molecule has 5 heteroatoms. The summed E-state index contributed by atoms with van der Waals surface area (Å²) in [4.78, 5) is 5.61. The van der Waals surface area contributed by atoms with Crippen LogP contribution in [0, 0.1) is 0 Å². The maximum atomic E-state index is 6.00. The Bertz CT molecular complexity index is 527. The van der Waals surface area contributed by atoms with Crippen molar-refractivity contribution in [1.29, 1.82) is 0 Å². The summed E-state index contributed by atoms with van der Waals surface area (Å²) in [5, 5.41) is 4.25. The van der Waals surface area contributed by atoms with Crippen molar-refractivity contribution in [3.05, 3.63) is 47.5 Å². The highest BCUT2D eigenvalue weighted by Gasteiger charge is 2.15. The molecule has 3 nitrogen and oxygen atoms in total. The Morgan fingerprint density at radius 3 is 2.95 bits per heavy atom. The molecule has 0 radical (unpaired) electrons. The first-order valence-electron chi connectivity index (χ1n) is 6.29. The number of aromatic nitrogens is 2. The second kappa shape index (κ2) is 6.98. The van der Waals surface area contributed by atoms with E-state index in [0.29, 0.717) is 0 Å². The summed E-state index contributed by atoms with van der Waals surface area (Å²) in [6.45, 7) is 3.04. The minimum atomic E-state index is 0.244. The summed E-state index contributed by atoms with van der Waals surface area (Å²) < 4.78 is 2.06. The Kier molecular flexibility index (Phi) is 5.31. The molecule has 1 unspecified atom stereocenters. The molecule has 0 bridgehead atoms. The Morgan fingerprint density at radius 1 is 1.47 bits per heavy atom. The van der Waals surface area contributed by atoms with Gasteiger partial charge in [0.05, 0.1) is 6.04 Å². The molecule has 0 amide bonds. The van der Waals surface area contributed by atoms with Crippen molar-refractivity contribution in [1.82, 2.24) is 14.9 Å². The van der Waals surface area contributed by atoms with Crippen LogP contribution in [0.1, 0.15) is 18.8 Å². The molecule has 1 N–H and O–H groups in total. The van der Waals surface area contributed by atoms with Crippen LogP contribution < -0.4 is 5.32 Å². The molecule has 0 aliphatic carbocycles. The van der Waals surface area contributed by atoms with E-state index in [-0.39, 0.29) is 6.04 Å². The van der Waals surface area contributed by atoms with Gasteiger partial charge in [0.1, 0.15) is 5.82 Å².